The zero-order chi connectivity index (χ0) is 9.68. The number of nitrogens with two attached hydrogens (primary N) is 1. The fraction of sp³-hybridized carbons (Fsp3) is 0.571. The molecule has 0 atom stereocenters. The number of nitrogen functional groups attached to an aromatic ring is 1. The van der Waals surface area contributed by atoms with E-state index in [4.69, 9.17) is 10.5 Å². The second-order valence-electron chi connectivity index (χ2n) is 2.52. The normalized spacial score (nSPS) is 9.92. The first-order valence-corrected chi connectivity index (χ1v) is 4.03. The third-order valence-electron chi connectivity index (χ3n) is 1.31. The second kappa shape index (κ2) is 4.44. The molecular weight excluding hydrogens is 172 g/mol. The van der Waals surface area contributed by atoms with Gasteiger partial charge in [-0.15, -0.1) is 5.10 Å². The highest BCUT2D eigenvalue weighted by Gasteiger charge is 2.04. The van der Waals surface area contributed by atoms with Crippen LogP contribution in [-0.2, 0) is 16.1 Å². The van der Waals surface area contributed by atoms with Gasteiger partial charge in [0.25, 0.3) is 0 Å². The number of aromatic nitrogens is 3. The van der Waals surface area contributed by atoms with Crippen molar-refractivity contribution in [2.75, 3.05) is 12.3 Å². The molecule has 1 aromatic heterocycles. The molecule has 0 aromatic carbocycles. The zero-order valence-corrected chi connectivity index (χ0v) is 7.43. The fourth-order valence-electron chi connectivity index (χ4n) is 0.779. The van der Waals surface area contributed by atoms with Gasteiger partial charge in [0.05, 0.1) is 6.61 Å². The summed E-state index contributed by atoms with van der Waals surface area (Å²) in [6.07, 6.45) is 2.20. The van der Waals surface area contributed by atoms with Gasteiger partial charge in [0.2, 0.25) is 5.95 Å². The molecule has 0 saturated heterocycles. The van der Waals surface area contributed by atoms with E-state index in [2.05, 4.69) is 10.1 Å². The zero-order valence-electron chi connectivity index (χ0n) is 7.43. The molecule has 0 aliphatic rings. The van der Waals surface area contributed by atoms with Crippen LogP contribution in [0.5, 0.6) is 0 Å². The molecular formula is C7H12N4O2. The van der Waals surface area contributed by atoms with Crippen molar-refractivity contribution in [1.29, 1.82) is 0 Å². The van der Waals surface area contributed by atoms with Crippen LogP contribution in [0.25, 0.3) is 0 Å². The van der Waals surface area contributed by atoms with Gasteiger partial charge in [-0.25, -0.2) is 9.67 Å². The van der Waals surface area contributed by atoms with E-state index in [1.807, 2.05) is 6.92 Å². The Morgan fingerprint density at radius 1 is 1.77 bits per heavy atom. The van der Waals surface area contributed by atoms with Crippen LogP contribution in [-0.4, -0.2) is 27.3 Å². The molecule has 6 nitrogen and oxygen atoms in total. The Labute approximate surface area is 75.7 Å². The lowest BCUT2D eigenvalue weighted by Crippen LogP contribution is -2.14. The van der Waals surface area contributed by atoms with E-state index >= 15 is 0 Å². The summed E-state index contributed by atoms with van der Waals surface area (Å²) < 4.78 is 6.18. The lowest BCUT2D eigenvalue weighted by atomic mass is 10.5. The molecule has 1 aromatic rings. The Balaban J connectivity index is 2.36. The van der Waals surface area contributed by atoms with Gasteiger partial charge in [0.15, 0.2) is 0 Å². The van der Waals surface area contributed by atoms with Gasteiger partial charge < -0.3 is 10.5 Å². The molecule has 0 aliphatic heterocycles. The number of anilines is 1. The van der Waals surface area contributed by atoms with Crippen molar-refractivity contribution in [2.24, 2.45) is 0 Å². The quantitative estimate of drug-likeness (QED) is 0.656. The highest BCUT2D eigenvalue weighted by atomic mass is 16.5. The van der Waals surface area contributed by atoms with E-state index in [-0.39, 0.29) is 18.5 Å². The predicted molar refractivity (Wildman–Crippen MR) is 45.7 cm³/mol. The number of nitrogens with zero attached hydrogens (tertiary/aromatic N) is 3. The summed E-state index contributed by atoms with van der Waals surface area (Å²) in [5.74, 6) is -0.171. The minimum Gasteiger partial charge on any atom is -0.464 e. The molecule has 0 bridgehead atoms. The van der Waals surface area contributed by atoms with Gasteiger partial charge in [-0.2, -0.15) is 0 Å². The average molecular weight is 184 g/mol. The Kier molecular flexibility index (Phi) is 3.24. The first-order valence-electron chi connectivity index (χ1n) is 4.03. The van der Waals surface area contributed by atoms with E-state index in [1.54, 1.807) is 0 Å². The van der Waals surface area contributed by atoms with Gasteiger partial charge in [-0.3, -0.25) is 4.79 Å². The lowest BCUT2D eigenvalue weighted by molar-refractivity contribution is -0.144. The third kappa shape index (κ3) is 3.10. The maximum Gasteiger partial charge on any atom is 0.327 e. The van der Waals surface area contributed by atoms with Gasteiger partial charge in [-0.05, 0) is 6.42 Å². The lowest BCUT2D eigenvalue weighted by Gasteiger charge is -2.01. The number of rotatable bonds is 4. The largest absolute Gasteiger partial charge is 0.464 e. The number of ether oxygens (including phenoxy) is 1. The van der Waals surface area contributed by atoms with Crippen LogP contribution < -0.4 is 5.73 Å². The van der Waals surface area contributed by atoms with Crippen molar-refractivity contribution in [1.82, 2.24) is 14.8 Å². The monoisotopic (exact) mass is 184 g/mol. The van der Waals surface area contributed by atoms with Crippen LogP contribution in [0.4, 0.5) is 5.95 Å². The molecule has 6 heteroatoms. The van der Waals surface area contributed by atoms with Crippen molar-refractivity contribution in [3.05, 3.63) is 6.33 Å². The van der Waals surface area contributed by atoms with Crippen LogP contribution in [0.2, 0.25) is 0 Å². The minimum absolute atomic E-state index is 0.0597. The summed E-state index contributed by atoms with van der Waals surface area (Å²) in [5.41, 5.74) is 5.26. The van der Waals surface area contributed by atoms with Crippen LogP contribution in [0, 0.1) is 0 Å². The third-order valence-corrected chi connectivity index (χ3v) is 1.31. The van der Waals surface area contributed by atoms with Crippen molar-refractivity contribution in [3.8, 4) is 0 Å². The summed E-state index contributed by atoms with van der Waals surface area (Å²) in [6.45, 7) is 2.42. The van der Waals surface area contributed by atoms with Crippen molar-refractivity contribution >= 4 is 11.9 Å². The molecule has 13 heavy (non-hydrogen) atoms. The standard InChI is InChI=1S/C7H12N4O2/c1-2-3-13-6(12)4-11-5-9-7(8)10-11/h5H,2-4H2,1H3,(H2,8,10). The number of hydrogen-bond acceptors (Lipinski definition) is 5. The molecule has 0 amide bonds. The van der Waals surface area contributed by atoms with E-state index in [0.717, 1.165) is 6.42 Å². The number of carbonyl (C=O) groups is 1. The van der Waals surface area contributed by atoms with Gasteiger partial charge in [0.1, 0.15) is 12.9 Å². The van der Waals surface area contributed by atoms with Gasteiger partial charge in [0, 0.05) is 0 Å². The SMILES string of the molecule is CCCOC(=O)Cn1cnc(N)n1. The molecule has 0 radical (unpaired) electrons. The van der Waals surface area contributed by atoms with E-state index < -0.39 is 0 Å². The Bertz CT molecular complexity index is 284. The topological polar surface area (TPSA) is 83.0 Å². The molecule has 0 fully saturated rings. The predicted octanol–water partition coefficient (Wildman–Crippen LogP) is -0.186. The van der Waals surface area contributed by atoms with Crippen molar-refractivity contribution in [3.63, 3.8) is 0 Å². The van der Waals surface area contributed by atoms with Crippen molar-refractivity contribution < 1.29 is 9.53 Å². The highest BCUT2D eigenvalue weighted by Crippen LogP contribution is 1.91. The smallest absolute Gasteiger partial charge is 0.327 e. The van der Waals surface area contributed by atoms with Crippen LogP contribution in [0.3, 0.4) is 0 Å². The number of esters is 1. The first kappa shape index (κ1) is 9.50. The summed E-state index contributed by atoms with van der Waals surface area (Å²) in [5, 5.41) is 3.74. The molecule has 0 unspecified atom stereocenters. The van der Waals surface area contributed by atoms with Gasteiger partial charge >= 0.3 is 5.97 Å². The molecule has 72 valence electrons. The second-order valence-corrected chi connectivity index (χ2v) is 2.52. The molecule has 0 aliphatic carbocycles. The fourth-order valence-corrected chi connectivity index (χ4v) is 0.779. The summed E-state index contributed by atoms with van der Waals surface area (Å²) >= 11 is 0. The van der Waals surface area contributed by atoms with Crippen LogP contribution >= 0.6 is 0 Å². The van der Waals surface area contributed by atoms with Crippen molar-refractivity contribution in [2.45, 2.75) is 19.9 Å². The molecule has 2 N–H and O–H groups in total. The Morgan fingerprint density at radius 3 is 3.08 bits per heavy atom. The maximum atomic E-state index is 11.0. The number of hydrogen-bond donors (Lipinski definition) is 1. The first-order chi connectivity index (χ1) is 6.22. The summed E-state index contributed by atoms with van der Waals surface area (Å²) in [6, 6.07) is 0. The maximum absolute atomic E-state index is 11.0. The molecule has 0 spiro atoms. The highest BCUT2D eigenvalue weighted by molar-refractivity contribution is 5.68. The average Bonchev–Trinajstić information content (AvgIpc) is 2.48. The van der Waals surface area contributed by atoms with Crippen LogP contribution in [0.15, 0.2) is 6.33 Å². The van der Waals surface area contributed by atoms with E-state index in [0.29, 0.717) is 6.61 Å². The molecule has 1 heterocycles. The van der Waals surface area contributed by atoms with Gasteiger partial charge in [-0.1, -0.05) is 6.92 Å². The minimum atomic E-state index is -0.327. The van der Waals surface area contributed by atoms with E-state index in [1.165, 1.54) is 11.0 Å². The summed E-state index contributed by atoms with van der Waals surface area (Å²) in [7, 11) is 0. The Hall–Kier alpha value is -1.59. The van der Waals surface area contributed by atoms with Crippen LogP contribution in [0.1, 0.15) is 13.3 Å². The number of carbonyl (C=O) groups excluding carboxylic acids is 1. The van der Waals surface area contributed by atoms with E-state index in [9.17, 15) is 4.79 Å². The molecule has 0 saturated carbocycles. The Morgan fingerprint density at radius 2 is 2.54 bits per heavy atom. The molecule has 1 rings (SSSR count). The summed E-state index contributed by atoms with van der Waals surface area (Å²) in [4.78, 5) is 14.7.